The first-order valence-corrected chi connectivity index (χ1v) is 12.5. The summed E-state index contributed by atoms with van der Waals surface area (Å²) in [6.45, 7) is 6.15. The van der Waals surface area contributed by atoms with Crippen molar-refractivity contribution < 1.29 is 33.4 Å². The number of benzene rings is 2. The normalized spacial score (nSPS) is 17.1. The first kappa shape index (κ1) is 26.2. The summed E-state index contributed by atoms with van der Waals surface area (Å²) in [5, 5.41) is 0. The zero-order valence-corrected chi connectivity index (χ0v) is 21.5. The van der Waals surface area contributed by atoms with Crippen LogP contribution in [0.25, 0.3) is 0 Å². The van der Waals surface area contributed by atoms with Gasteiger partial charge in [0.05, 0.1) is 18.2 Å². The summed E-state index contributed by atoms with van der Waals surface area (Å²) in [5.41, 5.74) is 2.78. The Balaban J connectivity index is 1.46. The van der Waals surface area contributed by atoms with Gasteiger partial charge in [-0.2, -0.15) is 0 Å². The van der Waals surface area contributed by atoms with Crippen LogP contribution in [-0.2, 0) is 19.1 Å². The summed E-state index contributed by atoms with van der Waals surface area (Å²) >= 11 is 0. The fourth-order valence-corrected chi connectivity index (χ4v) is 4.69. The van der Waals surface area contributed by atoms with Crippen molar-refractivity contribution >= 4 is 29.3 Å². The number of nitrogens with zero attached hydrogens (tertiary/aromatic N) is 2. The van der Waals surface area contributed by atoms with Crippen molar-refractivity contribution in [3.63, 3.8) is 0 Å². The third-order valence-corrected chi connectivity index (χ3v) is 6.48. The van der Waals surface area contributed by atoms with Crippen LogP contribution < -0.4 is 14.4 Å². The van der Waals surface area contributed by atoms with Crippen LogP contribution in [0.15, 0.2) is 36.4 Å². The Bertz CT molecular complexity index is 1190. The molecule has 9 heteroatoms. The summed E-state index contributed by atoms with van der Waals surface area (Å²) in [6.07, 6.45) is 1.35. The van der Waals surface area contributed by atoms with Gasteiger partial charge in [-0.05, 0) is 75.1 Å². The Hall–Kier alpha value is -3.88. The zero-order chi connectivity index (χ0) is 26.5. The van der Waals surface area contributed by atoms with Crippen molar-refractivity contribution in [3.8, 4) is 11.5 Å². The summed E-state index contributed by atoms with van der Waals surface area (Å²) < 4.78 is 16.4. The van der Waals surface area contributed by atoms with Gasteiger partial charge in [0.1, 0.15) is 18.0 Å². The van der Waals surface area contributed by atoms with Crippen LogP contribution >= 0.6 is 0 Å². The van der Waals surface area contributed by atoms with Gasteiger partial charge in [-0.15, -0.1) is 0 Å². The maximum absolute atomic E-state index is 13.1. The van der Waals surface area contributed by atoms with Gasteiger partial charge in [0, 0.05) is 18.7 Å². The molecular formula is C28H32N2O7. The molecule has 2 amide bonds. The molecule has 2 aliphatic heterocycles. The Morgan fingerprint density at radius 3 is 2.57 bits per heavy atom. The van der Waals surface area contributed by atoms with E-state index in [1.165, 1.54) is 4.90 Å². The number of amides is 2. The fourth-order valence-electron chi connectivity index (χ4n) is 4.69. The van der Waals surface area contributed by atoms with E-state index < -0.39 is 0 Å². The van der Waals surface area contributed by atoms with Gasteiger partial charge in [0.25, 0.3) is 5.91 Å². The lowest BCUT2D eigenvalue weighted by Crippen LogP contribution is -2.49. The van der Waals surface area contributed by atoms with E-state index in [4.69, 9.17) is 14.2 Å². The number of hydrogen-bond acceptors (Lipinski definition) is 7. The van der Waals surface area contributed by atoms with Crippen molar-refractivity contribution in [2.45, 2.75) is 33.6 Å². The van der Waals surface area contributed by atoms with Crippen LogP contribution in [0.4, 0.5) is 5.69 Å². The van der Waals surface area contributed by atoms with Gasteiger partial charge in [-0.1, -0.05) is 6.07 Å². The van der Waals surface area contributed by atoms with Crippen molar-refractivity contribution in [1.82, 2.24) is 4.90 Å². The number of ketones is 1. The molecule has 0 aromatic heterocycles. The Kier molecular flexibility index (Phi) is 8.11. The molecular weight excluding hydrogens is 476 g/mol. The molecule has 2 aromatic rings. The summed E-state index contributed by atoms with van der Waals surface area (Å²) in [5.74, 6) is -0.564. The highest BCUT2D eigenvalue weighted by Gasteiger charge is 2.33. The number of esters is 1. The van der Waals surface area contributed by atoms with Crippen LogP contribution in [0.5, 0.6) is 11.5 Å². The molecule has 0 spiro atoms. The molecule has 37 heavy (non-hydrogen) atoms. The Labute approximate surface area is 216 Å². The Morgan fingerprint density at radius 1 is 1.08 bits per heavy atom. The SMILES string of the molecule is CCOC(=O)[C@H]1CCCN(C(=O)CN2C(=O)COc3ccc(C(=O)COc4cc(C)cc(C)c4)cc32)C1. The molecule has 0 unspecified atom stereocenters. The number of carbonyl (C=O) groups is 4. The number of carbonyl (C=O) groups excluding carboxylic acids is 4. The molecule has 9 nitrogen and oxygen atoms in total. The quantitative estimate of drug-likeness (QED) is 0.399. The molecule has 196 valence electrons. The monoisotopic (exact) mass is 508 g/mol. The Morgan fingerprint density at radius 2 is 1.84 bits per heavy atom. The largest absolute Gasteiger partial charge is 0.485 e. The highest BCUT2D eigenvalue weighted by atomic mass is 16.5. The van der Waals surface area contributed by atoms with Crippen LogP contribution in [-0.4, -0.2) is 67.9 Å². The second kappa shape index (κ2) is 11.5. The van der Waals surface area contributed by atoms with E-state index in [9.17, 15) is 19.2 Å². The van der Waals surface area contributed by atoms with Crippen LogP contribution in [0.1, 0.15) is 41.3 Å². The molecule has 1 atom stereocenters. The molecule has 0 radical (unpaired) electrons. The standard InChI is InChI=1S/C28H32N2O7/c1-4-35-28(34)21-6-5-9-29(14-21)26(32)15-30-23-13-20(7-8-25(23)37-17-27(30)33)24(31)16-36-22-11-18(2)10-19(3)12-22/h7-8,10-13,21H,4-6,9,14-17H2,1-3H3/t21-/m0/s1. The molecule has 2 aliphatic rings. The first-order valence-electron chi connectivity index (χ1n) is 12.5. The maximum atomic E-state index is 13.1. The van der Waals surface area contributed by atoms with Gasteiger partial charge < -0.3 is 19.1 Å². The lowest BCUT2D eigenvalue weighted by atomic mass is 9.98. The number of ether oxygens (including phenoxy) is 3. The first-order chi connectivity index (χ1) is 17.7. The van der Waals surface area contributed by atoms with E-state index in [1.54, 1.807) is 30.0 Å². The molecule has 0 bridgehead atoms. The number of rotatable bonds is 8. The van der Waals surface area contributed by atoms with E-state index in [-0.39, 0.29) is 55.8 Å². The highest BCUT2D eigenvalue weighted by molar-refractivity contribution is 6.04. The van der Waals surface area contributed by atoms with Gasteiger partial charge in [-0.25, -0.2) is 0 Å². The topological polar surface area (TPSA) is 102 Å². The molecule has 2 heterocycles. The van der Waals surface area contributed by atoms with E-state index in [0.717, 1.165) is 11.1 Å². The number of likely N-dealkylation sites (tertiary alicyclic amines) is 1. The van der Waals surface area contributed by atoms with Crippen LogP contribution in [0.2, 0.25) is 0 Å². The third kappa shape index (κ3) is 6.28. The second-order valence-corrected chi connectivity index (χ2v) is 9.42. The number of anilines is 1. The van der Waals surface area contributed by atoms with E-state index in [1.807, 2.05) is 32.0 Å². The third-order valence-electron chi connectivity index (χ3n) is 6.48. The van der Waals surface area contributed by atoms with Crippen molar-refractivity contribution in [3.05, 3.63) is 53.1 Å². The number of piperidine rings is 1. The van der Waals surface area contributed by atoms with Crippen molar-refractivity contribution in [2.75, 3.05) is 44.4 Å². The van der Waals surface area contributed by atoms with Crippen LogP contribution in [0, 0.1) is 19.8 Å². The van der Waals surface area contributed by atoms with Gasteiger partial charge in [0.2, 0.25) is 5.91 Å². The average molecular weight is 509 g/mol. The highest BCUT2D eigenvalue weighted by Crippen LogP contribution is 2.33. The van der Waals surface area contributed by atoms with Crippen molar-refractivity contribution in [1.29, 1.82) is 0 Å². The predicted octanol–water partition coefficient (Wildman–Crippen LogP) is 3.09. The second-order valence-electron chi connectivity index (χ2n) is 9.42. The molecule has 1 fully saturated rings. The lowest BCUT2D eigenvalue weighted by molar-refractivity contribution is -0.151. The number of hydrogen-bond donors (Lipinski definition) is 0. The van der Waals surface area contributed by atoms with Gasteiger partial charge >= 0.3 is 5.97 Å². The van der Waals surface area contributed by atoms with Gasteiger partial charge in [-0.3, -0.25) is 24.1 Å². The molecule has 4 rings (SSSR count). The molecule has 2 aromatic carbocycles. The van der Waals surface area contributed by atoms with Gasteiger partial charge in [0.15, 0.2) is 19.0 Å². The lowest BCUT2D eigenvalue weighted by Gasteiger charge is -2.34. The van der Waals surface area contributed by atoms with Crippen LogP contribution in [0.3, 0.4) is 0 Å². The average Bonchev–Trinajstić information content (AvgIpc) is 2.88. The number of aryl methyl sites for hydroxylation is 2. The van der Waals surface area contributed by atoms with E-state index in [2.05, 4.69) is 0 Å². The molecule has 1 saturated heterocycles. The molecule has 0 saturated carbocycles. The van der Waals surface area contributed by atoms with E-state index >= 15 is 0 Å². The fraction of sp³-hybridized carbons (Fsp3) is 0.429. The van der Waals surface area contributed by atoms with Crippen molar-refractivity contribution in [2.24, 2.45) is 5.92 Å². The number of fused-ring (bicyclic) bond motifs is 1. The minimum Gasteiger partial charge on any atom is -0.485 e. The van der Waals surface area contributed by atoms with E-state index in [0.29, 0.717) is 48.7 Å². The number of Topliss-reactive ketones (excluding diaryl/α,β-unsaturated/α-hetero) is 1. The minimum absolute atomic E-state index is 0.168. The molecule has 0 aliphatic carbocycles. The zero-order valence-electron chi connectivity index (χ0n) is 21.5. The summed E-state index contributed by atoms with van der Waals surface area (Å²) in [7, 11) is 0. The molecule has 0 N–H and O–H groups in total. The smallest absolute Gasteiger partial charge is 0.310 e. The maximum Gasteiger partial charge on any atom is 0.310 e. The summed E-state index contributed by atoms with van der Waals surface area (Å²) in [6, 6.07) is 10.5. The summed E-state index contributed by atoms with van der Waals surface area (Å²) in [4.78, 5) is 53.9. The minimum atomic E-state index is -0.379. The predicted molar refractivity (Wildman–Crippen MR) is 136 cm³/mol.